The van der Waals surface area contributed by atoms with Crippen LogP contribution in [0.3, 0.4) is 0 Å². The van der Waals surface area contributed by atoms with Crippen molar-refractivity contribution in [2.45, 2.75) is 13.0 Å². The monoisotopic (exact) mass is 156 g/mol. The van der Waals surface area contributed by atoms with Gasteiger partial charge < -0.3 is 10.1 Å². The summed E-state index contributed by atoms with van der Waals surface area (Å²) in [5, 5.41) is 10.1. The maximum absolute atomic E-state index is 10.6. The van der Waals surface area contributed by atoms with E-state index in [0.717, 1.165) is 0 Å². The van der Waals surface area contributed by atoms with Crippen molar-refractivity contribution < 1.29 is 14.3 Å². The predicted molar refractivity (Wildman–Crippen MR) is 35.2 cm³/mol. The maximum Gasteiger partial charge on any atom is 0.328 e. The van der Waals surface area contributed by atoms with Gasteiger partial charge in [0.15, 0.2) is 6.07 Å². The lowest BCUT2D eigenvalue weighted by Gasteiger charge is -2.07. The summed E-state index contributed by atoms with van der Waals surface area (Å²) in [4.78, 5) is 21.0. The van der Waals surface area contributed by atoms with E-state index in [0.29, 0.717) is 0 Å². The Labute approximate surface area is 63.9 Å². The Morgan fingerprint density at radius 3 is 2.55 bits per heavy atom. The minimum atomic E-state index is -0.845. The van der Waals surface area contributed by atoms with E-state index >= 15 is 0 Å². The van der Waals surface area contributed by atoms with Gasteiger partial charge in [-0.15, -0.1) is 0 Å². The van der Waals surface area contributed by atoms with Gasteiger partial charge in [0, 0.05) is 0 Å². The summed E-state index contributed by atoms with van der Waals surface area (Å²) in [7, 11) is 1.21. The fourth-order valence-corrected chi connectivity index (χ4v) is 0.465. The van der Waals surface area contributed by atoms with Gasteiger partial charge in [0.25, 0.3) is 0 Å². The quantitative estimate of drug-likeness (QED) is 0.418. The van der Waals surface area contributed by atoms with E-state index in [-0.39, 0.29) is 0 Å². The van der Waals surface area contributed by atoms with Crippen LogP contribution in [0, 0.1) is 11.3 Å². The number of nitrogens with zero attached hydrogens (tertiary/aromatic N) is 1. The summed E-state index contributed by atoms with van der Waals surface area (Å²) in [6.07, 6.45) is 0. The molecule has 0 saturated heterocycles. The van der Waals surface area contributed by atoms with Gasteiger partial charge in [-0.3, -0.25) is 4.79 Å². The number of carbonyl (C=O) groups is 2. The highest BCUT2D eigenvalue weighted by Crippen LogP contribution is 1.84. The summed E-state index contributed by atoms with van der Waals surface area (Å²) in [6.45, 7) is 1.43. The Bertz CT molecular complexity index is 206. The first kappa shape index (κ1) is 9.43. The van der Waals surface area contributed by atoms with E-state index in [1.54, 1.807) is 0 Å². The number of nitriles is 1. The maximum atomic E-state index is 10.6. The summed E-state index contributed by atoms with van der Waals surface area (Å²) in [5.41, 5.74) is 0. The molecule has 0 spiro atoms. The number of amides is 1. The van der Waals surface area contributed by atoms with Crippen LogP contribution in [0.1, 0.15) is 6.92 Å². The van der Waals surface area contributed by atoms with Crippen molar-refractivity contribution >= 4 is 11.9 Å². The zero-order valence-corrected chi connectivity index (χ0v) is 6.25. The van der Waals surface area contributed by atoms with Crippen molar-refractivity contribution in [3.8, 4) is 6.07 Å². The molecule has 1 unspecified atom stereocenters. The van der Waals surface area contributed by atoms with E-state index < -0.39 is 17.9 Å². The third-order valence-corrected chi connectivity index (χ3v) is 1.00. The van der Waals surface area contributed by atoms with Gasteiger partial charge in [0.05, 0.1) is 7.11 Å². The summed E-state index contributed by atoms with van der Waals surface area (Å²) < 4.78 is 4.29. The number of hydrogen-bond donors (Lipinski definition) is 1. The zero-order valence-electron chi connectivity index (χ0n) is 6.25. The van der Waals surface area contributed by atoms with Crippen molar-refractivity contribution in [3.05, 3.63) is 0 Å². The lowest BCUT2D eigenvalue weighted by molar-refractivity contribution is -0.143. The molecule has 0 aromatic heterocycles. The SMILES string of the molecule is COC(=O)C(C)NC(=O)C#N. The number of ether oxygens (including phenoxy) is 1. The van der Waals surface area contributed by atoms with Gasteiger partial charge in [-0.05, 0) is 6.92 Å². The molecule has 0 aromatic rings. The zero-order chi connectivity index (χ0) is 8.85. The first-order chi connectivity index (χ1) is 5.11. The number of methoxy groups -OCH3 is 1. The van der Waals surface area contributed by atoms with E-state index in [1.807, 2.05) is 0 Å². The lowest BCUT2D eigenvalue weighted by atomic mass is 10.3. The fourth-order valence-electron chi connectivity index (χ4n) is 0.465. The van der Waals surface area contributed by atoms with Crippen LogP contribution in [-0.2, 0) is 14.3 Å². The van der Waals surface area contributed by atoms with Crippen LogP contribution in [0.4, 0.5) is 0 Å². The molecule has 1 amide bonds. The smallest absolute Gasteiger partial charge is 0.328 e. The Morgan fingerprint density at radius 2 is 2.18 bits per heavy atom. The average Bonchev–Trinajstić information content (AvgIpc) is 2.02. The second-order valence-corrected chi connectivity index (χ2v) is 1.83. The van der Waals surface area contributed by atoms with E-state index in [9.17, 15) is 9.59 Å². The second-order valence-electron chi connectivity index (χ2n) is 1.83. The van der Waals surface area contributed by atoms with Gasteiger partial charge in [-0.2, -0.15) is 5.26 Å². The molecule has 1 atom stereocenters. The van der Waals surface area contributed by atoms with E-state index in [4.69, 9.17) is 5.26 Å². The van der Waals surface area contributed by atoms with Gasteiger partial charge in [-0.25, -0.2) is 4.79 Å². The van der Waals surface area contributed by atoms with Crippen LogP contribution in [-0.4, -0.2) is 25.0 Å². The normalized spacial score (nSPS) is 11.0. The van der Waals surface area contributed by atoms with Crippen molar-refractivity contribution in [3.63, 3.8) is 0 Å². The number of carbonyl (C=O) groups excluding carboxylic acids is 2. The molecular formula is C6H8N2O3. The van der Waals surface area contributed by atoms with Crippen molar-refractivity contribution in [2.75, 3.05) is 7.11 Å². The lowest BCUT2D eigenvalue weighted by Crippen LogP contribution is -2.38. The van der Waals surface area contributed by atoms with Crippen molar-refractivity contribution in [1.29, 1.82) is 5.26 Å². The van der Waals surface area contributed by atoms with Crippen LogP contribution >= 0.6 is 0 Å². The number of nitrogens with one attached hydrogen (secondary N) is 1. The second kappa shape index (κ2) is 4.28. The standard InChI is InChI=1S/C6H8N2O3/c1-4(6(10)11-2)8-5(9)3-7/h4H,1-2H3,(H,8,9). The molecule has 0 aromatic carbocycles. The first-order valence-electron chi connectivity index (χ1n) is 2.90. The van der Waals surface area contributed by atoms with E-state index in [2.05, 4.69) is 10.1 Å². The summed E-state index contributed by atoms with van der Waals surface area (Å²) >= 11 is 0. The molecule has 5 nitrogen and oxygen atoms in total. The molecule has 0 aliphatic rings. The van der Waals surface area contributed by atoms with Gasteiger partial charge in [-0.1, -0.05) is 0 Å². The minimum absolute atomic E-state index is 0.575. The number of rotatable bonds is 2. The first-order valence-corrected chi connectivity index (χ1v) is 2.90. The highest BCUT2D eigenvalue weighted by Gasteiger charge is 2.14. The Morgan fingerprint density at radius 1 is 1.64 bits per heavy atom. The molecule has 5 heteroatoms. The third kappa shape index (κ3) is 3.20. The van der Waals surface area contributed by atoms with Crippen LogP contribution in [0.2, 0.25) is 0 Å². The Balaban J connectivity index is 3.89. The summed E-state index contributed by atoms with van der Waals surface area (Å²) in [6, 6.07) is 0.546. The molecule has 0 aliphatic heterocycles. The molecular weight excluding hydrogens is 148 g/mol. The van der Waals surface area contributed by atoms with Crippen molar-refractivity contribution in [2.24, 2.45) is 0 Å². The molecule has 0 aliphatic carbocycles. The minimum Gasteiger partial charge on any atom is -0.467 e. The number of esters is 1. The highest BCUT2D eigenvalue weighted by atomic mass is 16.5. The van der Waals surface area contributed by atoms with Gasteiger partial charge in [0.1, 0.15) is 6.04 Å². The van der Waals surface area contributed by atoms with Crippen molar-refractivity contribution in [1.82, 2.24) is 5.32 Å². The number of hydrogen-bond acceptors (Lipinski definition) is 4. The molecule has 0 heterocycles. The summed E-state index contributed by atoms with van der Waals surface area (Å²) in [5.74, 6) is -1.42. The van der Waals surface area contributed by atoms with Gasteiger partial charge in [0.2, 0.25) is 0 Å². The molecule has 0 saturated carbocycles. The molecule has 0 radical (unpaired) electrons. The molecule has 0 bridgehead atoms. The van der Waals surface area contributed by atoms with Crippen LogP contribution in [0.25, 0.3) is 0 Å². The van der Waals surface area contributed by atoms with Crippen LogP contribution in [0.5, 0.6) is 0 Å². The molecule has 1 N–H and O–H groups in total. The molecule has 60 valence electrons. The van der Waals surface area contributed by atoms with E-state index in [1.165, 1.54) is 20.1 Å². The third-order valence-electron chi connectivity index (χ3n) is 1.00. The van der Waals surface area contributed by atoms with Gasteiger partial charge >= 0.3 is 11.9 Å². The largest absolute Gasteiger partial charge is 0.467 e. The Hall–Kier alpha value is -1.57. The van der Waals surface area contributed by atoms with Crippen LogP contribution in [0.15, 0.2) is 0 Å². The topological polar surface area (TPSA) is 79.2 Å². The highest BCUT2D eigenvalue weighted by molar-refractivity contribution is 5.94. The predicted octanol–water partition coefficient (Wildman–Crippen LogP) is -0.812. The Kier molecular flexibility index (Phi) is 3.67. The average molecular weight is 156 g/mol. The molecule has 0 fully saturated rings. The molecule has 0 rings (SSSR count). The van der Waals surface area contributed by atoms with Crippen LogP contribution < -0.4 is 5.32 Å². The molecule has 11 heavy (non-hydrogen) atoms. The fraction of sp³-hybridized carbons (Fsp3) is 0.500.